The van der Waals surface area contributed by atoms with Crippen molar-refractivity contribution in [3.8, 4) is 0 Å². The van der Waals surface area contributed by atoms with Gasteiger partial charge >= 0.3 is 0 Å². The molecule has 5 unspecified atom stereocenters. The van der Waals surface area contributed by atoms with Crippen LogP contribution in [0.2, 0.25) is 0 Å². The van der Waals surface area contributed by atoms with Crippen LogP contribution < -0.4 is 10.6 Å². The first kappa shape index (κ1) is 12.9. The average Bonchev–Trinajstić information content (AvgIpc) is 2.90. The highest BCUT2D eigenvalue weighted by Gasteiger charge is 2.38. The summed E-state index contributed by atoms with van der Waals surface area (Å²) >= 11 is 0. The maximum Gasteiger partial charge on any atom is 0.0224 e. The predicted octanol–water partition coefficient (Wildman–Crippen LogP) is 2.93. The largest absolute Gasteiger partial charge is 0.312 e. The van der Waals surface area contributed by atoms with Gasteiger partial charge in [0.05, 0.1) is 0 Å². The smallest absolute Gasteiger partial charge is 0.0224 e. The first-order valence-corrected chi connectivity index (χ1v) is 8.29. The van der Waals surface area contributed by atoms with Gasteiger partial charge in [0.15, 0.2) is 0 Å². The van der Waals surface area contributed by atoms with E-state index in [1.165, 1.54) is 64.5 Å². The van der Waals surface area contributed by atoms with Gasteiger partial charge in [-0.2, -0.15) is 0 Å². The van der Waals surface area contributed by atoms with Gasteiger partial charge in [-0.3, -0.25) is 0 Å². The van der Waals surface area contributed by atoms with Crippen molar-refractivity contribution in [3.05, 3.63) is 0 Å². The van der Waals surface area contributed by atoms with Crippen LogP contribution in [0, 0.1) is 17.8 Å². The molecule has 1 aliphatic heterocycles. The molecule has 18 heavy (non-hydrogen) atoms. The van der Waals surface area contributed by atoms with Crippen molar-refractivity contribution in [1.29, 1.82) is 0 Å². The maximum absolute atomic E-state index is 3.87. The molecule has 2 N–H and O–H groups in total. The molecule has 3 aliphatic rings. The summed E-state index contributed by atoms with van der Waals surface area (Å²) in [6, 6.07) is 1.58. The molecule has 0 aromatic carbocycles. The van der Waals surface area contributed by atoms with Gasteiger partial charge in [0.25, 0.3) is 0 Å². The molecule has 5 atom stereocenters. The Labute approximate surface area is 112 Å². The molecule has 0 aromatic heterocycles. The first-order chi connectivity index (χ1) is 8.83. The van der Waals surface area contributed by atoms with Crippen molar-refractivity contribution >= 4 is 0 Å². The van der Waals surface area contributed by atoms with Crippen molar-refractivity contribution in [2.45, 2.75) is 70.4 Å². The summed E-state index contributed by atoms with van der Waals surface area (Å²) in [7, 11) is 0. The second-order valence-corrected chi connectivity index (χ2v) is 7.09. The lowest BCUT2D eigenvalue weighted by Crippen LogP contribution is -2.42. The molecule has 2 heteroatoms. The Balaban J connectivity index is 1.43. The van der Waals surface area contributed by atoms with E-state index in [0.29, 0.717) is 0 Å². The van der Waals surface area contributed by atoms with Crippen LogP contribution in [0.15, 0.2) is 0 Å². The molecule has 104 valence electrons. The van der Waals surface area contributed by atoms with Gasteiger partial charge in [0.1, 0.15) is 0 Å². The molecule has 0 radical (unpaired) electrons. The highest BCUT2D eigenvalue weighted by Crippen LogP contribution is 2.37. The number of fused-ring (bicyclic) bond motifs is 1. The molecule has 0 amide bonds. The normalized spacial score (nSPS) is 44.8. The van der Waals surface area contributed by atoms with E-state index in [0.717, 1.165) is 29.8 Å². The Hall–Kier alpha value is -0.0800. The van der Waals surface area contributed by atoms with Crippen LogP contribution in [0.1, 0.15) is 58.3 Å². The van der Waals surface area contributed by atoms with Gasteiger partial charge in [0.2, 0.25) is 0 Å². The van der Waals surface area contributed by atoms with Crippen LogP contribution in [0.5, 0.6) is 0 Å². The number of rotatable bonds is 3. The minimum absolute atomic E-state index is 0.776. The second kappa shape index (κ2) is 5.92. The summed E-state index contributed by atoms with van der Waals surface area (Å²) < 4.78 is 0. The molecule has 2 aliphatic carbocycles. The van der Waals surface area contributed by atoms with Crippen molar-refractivity contribution in [2.75, 3.05) is 13.1 Å². The monoisotopic (exact) mass is 250 g/mol. The van der Waals surface area contributed by atoms with Gasteiger partial charge in [-0.1, -0.05) is 26.2 Å². The number of nitrogens with one attached hydrogen (secondary N) is 2. The van der Waals surface area contributed by atoms with E-state index >= 15 is 0 Å². The molecular formula is C16H30N2. The van der Waals surface area contributed by atoms with Crippen LogP contribution in [0.4, 0.5) is 0 Å². The molecule has 3 fully saturated rings. The zero-order valence-electron chi connectivity index (χ0n) is 12.0. The van der Waals surface area contributed by atoms with Gasteiger partial charge in [-0.15, -0.1) is 0 Å². The van der Waals surface area contributed by atoms with E-state index in [4.69, 9.17) is 0 Å². The summed E-state index contributed by atoms with van der Waals surface area (Å²) in [4.78, 5) is 0. The number of hydrogen-bond acceptors (Lipinski definition) is 2. The minimum atomic E-state index is 0.776. The van der Waals surface area contributed by atoms with Crippen molar-refractivity contribution in [2.24, 2.45) is 17.8 Å². The predicted molar refractivity (Wildman–Crippen MR) is 76.7 cm³/mol. The molecule has 3 rings (SSSR count). The summed E-state index contributed by atoms with van der Waals surface area (Å²) in [5.41, 5.74) is 0. The van der Waals surface area contributed by atoms with E-state index in [2.05, 4.69) is 17.6 Å². The van der Waals surface area contributed by atoms with Crippen LogP contribution in [-0.2, 0) is 0 Å². The highest BCUT2D eigenvalue weighted by molar-refractivity contribution is 4.95. The van der Waals surface area contributed by atoms with Crippen molar-refractivity contribution in [1.82, 2.24) is 10.6 Å². The summed E-state index contributed by atoms with van der Waals surface area (Å²) in [5.74, 6) is 2.95. The fourth-order valence-corrected chi connectivity index (χ4v) is 4.51. The molecule has 0 aromatic rings. The quantitative estimate of drug-likeness (QED) is 0.753. The molecule has 1 heterocycles. The lowest BCUT2D eigenvalue weighted by molar-refractivity contribution is 0.360. The Morgan fingerprint density at radius 1 is 1.00 bits per heavy atom. The van der Waals surface area contributed by atoms with Crippen LogP contribution in [0.3, 0.4) is 0 Å². The molecule has 0 spiro atoms. The fourth-order valence-electron chi connectivity index (χ4n) is 4.51. The molecular weight excluding hydrogens is 220 g/mol. The van der Waals surface area contributed by atoms with Crippen LogP contribution >= 0.6 is 0 Å². The van der Waals surface area contributed by atoms with Crippen LogP contribution in [0.25, 0.3) is 0 Å². The lowest BCUT2D eigenvalue weighted by Gasteiger charge is -2.23. The summed E-state index contributed by atoms with van der Waals surface area (Å²) in [5, 5.41) is 7.63. The average molecular weight is 250 g/mol. The molecule has 2 saturated carbocycles. The van der Waals surface area contributed by atoms with Crippen LogP contribution in [-0.4, -0.2) is 25.2 Å². The van der Waals surface area contributed by atoms with E-state index < -0.39 is 0 Å². The van der Waals surface area contributed by atoms with E-state index in [1.807, 2.05) is 0 Å². The van der Waals surface area contributed by atoms with E-state index in [-0.39, 0.29) is 0 Å². The minimum Gasteiger partial charge on any atom is -0.312 e. The van der Waals surface area contributed by atoms with Crippen molar-refractivity contribution < 1.29 is 0 Å². The topological polar surface area (TPSA) is 24.1 Å². The molecule has 0 bridgehead atoms. The Morgan fingerprint density at radius 3 is 2.83 bits per heavy atom. The highest BCUT2D eigenvalue weighted by atomic mass is 15.0. The summed E-state index contributed by atoms with van der Waals surface area (Å²) in [6.07, 6.45) is 11.6. The Kier molecular flexibility index (Phi) is 4.25. The standard InChI is InChI=1S/C16H30N2/c1-12-4-2-6-14(9-8-12)17-11-16-15-7-3-5-13(15)10-18-16/h12-18H,2-11H2,1H3. The molecule has 1 saturated heterocycles. The zero-order chi connectivity index (χ0) is 12.4. The third kappa shape index (κ3) is 2.91. The van der Waals surface area contributed by atoms with Gasteiger partial charge < -0.3 is 10.6 Å². The zero-order valence-corrected chi connectivity index (χ0v) is 12.0. The Bertz CT molecular complexity index is 266. The van der Waals surface area contributed by atoms with Gasteiger partial charge in [-0.05, 0) is 56.4 Å². The molecule has 2 nitrogen and oxygen atoms in total. The van der Waals surface area contributed by atoms with Crippen molar-refractivity contribution in [3.63, 3.8) is 0 Å². The Morgan fingerprint density at radius 2 is 1.89 bits per heavy atom. The third-order valence-electron chi connectivity index (χ3n) is 5.76. The first-order valence-electron chi connectivity index (χ1n) is 8.29. The summed E-state index contributed by atoms with van der Waals surface area (Å²) in [6.45, 7) is 4.93. The fraction of sp³-hybridized carbons (Fsp3) is 1.00. The van der Waals surface area contributed by atoms with Gasteiger partial charge in [0, 0.05) is 18.6 Å². The van der Waals surface area contributed by atoms with E-state index in [1.54, 1.807) is 0 Å². The van der Waals surface area contributed by atoms with Gasteiger partial charge in [-0.25, -0.2) is 0 Å². The van der Waals surface area contributed by atoms with E-state index in [9.17, 15) is 0 Å². The lowest BCUT2D eigenvalue weighted by atomic mass is 9.94. The number of hydrogen-bond donors (Lipinski definition) is 2. The second-order valence-electron chi connectivity index (χ2n) is 7.09. The SMILES string of the molecule is CC1CCCC(NCC2NCC3CCCC32)CC1. The third-order valence-corrected chi connectivity index (χ3v) is 5.76. The maximum atomic E-state index is 3.87.